The molecule has 148 valence electrons. The van der Waals surface area contributed by atoms with Crippen LogP contribution in [-0.4, -0.2) is 28.7 Å². The third-order valence-corrected chi connectivity index (χ3v) is 4.39. The van der Waals surface area contributed by atoms with Crippen molar-refractivity contribution in [2.75, 3.05) is 6.79 Å². The Balaban J connectivity index is 1.32. The van der Waals surface area contributed by atoms with E-state index in [0.29, 0.717) is 35.1 Å². The summed E-state index contributed by atoms with van der Waals surface area (Å²) in [6.07, 6.45) is 0. The molecule has 0 saturated carbocycles. The van der Waals surface area contributed by atoms with Crippen molar-refractivity contribution in [3.8, 4) is 17.2 Å². The first kappa shape index (κ1) is 18.5. The summed E-state index contributed by atoms with van der Waals surface area (Å²) in [4.78, 5) is 23.8. The van der Waals surface area contributed by atoms with Crippen molar-refractivity contribution < 1.29 is 23.8 Å². The van der Waals surface area contributed by atoms with E-state index in [-0.39, 0.29) is 30.8 Å². The molecular weight excluding hydrogens is 374 g/mol. The zero-order valence-electron chi connectivity index (χ0n) is 15.7. The highest BCUT2D eigenvalue weighted by Crippen LogP contribution is 2.32. The number of hydrogen-bond acceptors (Lipinski definition) is 6. The summed E-state index contributed by atoms with van der Waals surface area (Å²) in [6.45, 7) is 2.25. The van der Waals surface area contributed by atoms with Crippen molar-refractivity contribution in [3.63, 3.8) is 0 Å². The molecule has 1 aliphatic heterocycles. The Kier molecular flexibility index (Phi) is 5.15. The van der Waals surface area contributed by atoms with Gasteiger partial charge in [0.1, 0.15) is 18.1 Å². The van der Waals surface area contributed by atoms with E-state index in [2.05, 4.69) is 15.5 Å². The number of Topliss-reactive ketones (excluding diaryl/α,β-unsaturated/α-hetero) is 1. The molecule has 1 aliphatic rings. The summed E-state index contributed by atoms with van der Waals surface area (Å²) >= 11 is 0. The maximum atomic E-state index is 12.3. The molecule has 8 nitrogen and oxygen atoms in total. The number of rotatable bonds is 7. The van der Waals surface area contributed by atoms with Crippen LogP contribution in [0.25, 0.3) is 0 Å². The second-order valence-electron chi connectivity index (χ2n) is 6.52. The Morgan fingerprint density at radius 3 is 2.86 bits per heavy atom. The first-order valence-corrected chi connectivity index (χ1v) is 9.03. The third kappa shape index (κ3) is 4.37. The first-order chi connectivity index (χ1) is 14.1. The van der Waals surface area contributed by atoms with Crippen LogP contribution in [0.4, 0.5) is 0 Å². The van der Waals surface area contributed by atoms with E-state index in [4.69, 9.17) is 14.2 Å². The molecule has 0 radical (unpaired) electrons. The minimum Gasteiger partial charge on any atom is -0.487 e. The lowest BCUT2D eigenvalue weighted by atomic mass is 10.1. The highest BCUT2D eigenvalue weighted by atomic mass is 16.7. The molecule has 0 spiro atoms. The van der Waals surface area contributed by atoms with Crippen molar-refractivity contribution in [2.45, 2.75) is 20.1 Å². The number of aromatic amines is 1. The molecule has 0 saturated heterocycles. The Labute approximate surface area is 166 Å². The zero-order chi connectivity index (χ0) is 20.2. The van der Waals surface area contributed by atoms with Crippen molar-refractivity contribution in [3.05, 3.63) is 71.0 Å². The number of ether oxygens (including phenoxy) is 3. The fraction of sp³-hybridized carbons (Fsp3) is 0.190. The molecule has 0 unspecified atom stereocenters. The normalized spacial score (nSPS) is 11.9. The van der Waals surface area contributed by atoms with E-state index in [1.54, 1.807) is 30.3 Å². The number of ketones is 1. The third-order valence-electron chi connectivity index (χ3n) is 4.39. The highest BCUT2D eigenvalue weighted by molar-refractivity contribution is 5.94. The molecule has 0 aliphatic carbocycles. The Morgan fingerprint density at radius 1 is 1.14 bits per heavy atom. The molecule has 0 fully saturated rings. The SMILES string of the molecule is CC(=O)c1cccc(OCc2cc(C(=O)NCc3ccc4c(c3)OCO4)n[nH]2)c1. The number of nitrogens with one attached hydrogen (secondary N) is 2. The van der Waals surface area contributed by atoms with Crippen LogP contribution in [0.1, 0.15) is 39.0 Å². The van der Waals surface area contributed by atoms with E-state index >= 15 is 0 Å². The average Bonchev–Trinajstić information content (AvgIpc) is 3.39. The van der Waals surface area contributed by atoms with Gasteiger partial charge < -0.3 is 19.5 Å². The largest absolute Gasteiger partial charge is 0.487 e. The minimum absolute atomic E-state index is 0.0293. The number of fused-ring (bicyclic) bond motifs is 1. The van der Waals surface area contributed by atoms with Crippen molar-refractivity contribution in [1.29, 1.82) is 0 Å². The number of carbonyl (C=O) groups excluding carboxylic acids is 2. The van der Waals surface area contributed by atoms with Gasteiger partial charge in [-0.25, -0.2) is 0 Å². The average molecular weight is 393 g/mol. The van der Waals surface area contributed by atoms with Crippen molar-refractivity contribution in [2.24, 2.45) is 0 Å². The van der Waals surface area contributed by atoms with Gasteiger partial charge in [0.2, 0.25) is 6.79 Å². The summed E-state index contributed by atoms with van der Waals surface area (Å²) in [6, 6.07) is 14.1. The maximum Gasteiger partial charge on any atom is 0.272 e. The van der Waals surface area contributed by atoms with Crippen LogP contribution in [0.2, 0.25) is 0 Å². The monoisotopic (exact) mass is 393 g/mol. The number of nitrogens with zero attached hydrogens (tertiary/aromatic N) is 1. The van der Waals surface area contributed by atoms with Crippen LogP contribution >= 0.6 is 0 Å². The van der Waals surface area contributed by atoms with E-state index in [1.165, 1.54) is 6.92 Å². The molecule has 2 N–H and O–H groups in total. The molecule has 0 bridgehead atoms. The van der Waals surface area contributed by atoms with Crippen molar-refractivity contribution >= 4 is 11.7 Å². The molecule has 1 amide bonds. The van der Waals surface area contributed by atoms with Gasteiger partial charge in [-0.3, -0.25) is 14.7 Å². The van der Waals surface area contributed by atoms with Crippen LogP contribution < -0.4 is 19.5 Å². The summed E-state index contributed by atoms with van der Waals surface area (Å²) in [5.74, 6) is 1.61. The van der Waals surface area contributed by atoms with Gasteiger partial charge in [-0.15, -0.1) is 0 Å². The van der Waals surface area contributed by atoms with E-state index in [1.807, 2.05) is 18.2 Å². The van der Waals surface area contributed by atoms with Gasteiger partial charge in [0.15, 0.2) is 17.3 Å². The smallest absolute Gasteiger partial charge is 0.272 e. The number of aromatic nitrogens is 2. The van der Waals surface area contributed by atoms with E-state index in [0.717, 1.165) is 5.56 Å². The Bertz CT molecular complexity index is 1060. The standard InChI is InChI=1S/C21H19N3O5/c1-13(25)15-3-2-4-17(8-15)27-11-16-9-18(24-23-16)21(26)22-10-14-5-6-19-20(7-14)29-12-28-19/h2-9H,10-12H2,1H3,(H,22,26)(H,23,24). The van der Waals surface area contributed by atoms with Gasteiger partial charge in [-0.05, 0) is 42.8 Å². The van der Waals surface area contributed by atoms with Gasteiger partial charge in [-0.2, -0.15) is 5.10 Å². The predicted octanol–water partition coefficient (Wildman–Crippen LogP) is 2.85. The van der Waals surface area contributed by atoms with E-state index in [9.17, 15) is 9.59 Å². The topological polar surface area (TPSA) is 103 Å². The number of carbonyl (C=O) groups is 2. The molecule has 2 aromatic carbocycles. The second-order valence-corrected chi connectivity index (χ2v) is 6.52. The van der Waals surface area contributed by atoms with Crippen LogP contribution in [0, 0.1) is 0 Å². The molecular formula is C21H19N3O5. The summed E-state index contributed by atoms with van der Waals surface area (Å²) in [5.41, 5.74) is 2.39. The van der Waals surface area contributed by atoms with Gasteiger partial charge in [0.05, 0.1) is 5.69 Å². The number of H-pyrrole nitrogens is 1. The lowest BCUT2D eigenvalue weighted by Crippen LogP contribution is -2.23. The maximum absolute atomic E-state index is 12.3. The molecule has 29 heavy (non-hydrogen) atoms. The molecule has 3 aromatic rings. The van der Waals surface area contributed by atoms with Gasteiger partial charge in [0, 0.05) is 12.1 Å². The molecule has 0 atom stereocenters. The first-order valence-electron chi connectivity index (χ1n) is 9.03. The number of amides is 1. The number of benzene rings is 2. The summed E-state index contributed by atoms with van der Waals surface area (Å²) < 4.78 is 16.3. The minimum atomic E-state index is -0.302. The Hall–Kier alpha value is -3.81. The van der Waals surface area contributed by atoms with Gasteiger partial charge in [-0.1, -0.05) is 18.2 Å². The van der Waals surface area contributed by atoms with Crippen LogP contribution in [0.3, 0.4) is 0 Å². The molecule has 1 aromatic heterocycles. The summed E-state index contributed by atoms with van der Waals surface area (Å²) in [7, 11) is 0. The van der Waals surface area contributed by atoms with Crippen LogP contribution in [0.15, 0.2) is 48.5 Å². The molecule has 2 heterocycles. The molecule has 4 rings (SSSR count). The fourth-order valence-electron chi connectivity index (χ4n) is 2.84. The van der Waals surface area contributed by atoms with E-state index < -0.39 is 0 Å². The predicted molar refractivity (Wildman–Crippen MR) is 103 cm³/mol. The van der Waals surface area contributed by atoms with Gasteiger partial charge >= 0.3 is 0 Å². The van der Waals surface area contributed by atoms with Gasteiger partial charge in [0.25, 0.3) is 5.91 Å². The lowest BCUT2D eigenvalue weighted by Gasteiger charge is -2.05. The number of hydrogen-bond donors (Lipinski definition) is 2. The highest BCUT2D eigenvalue weighted by Gasteiger charge is 2.15. The van der Waals surface area contributed by atoms with Crippen molar-refractivity contribution in [1.82, 2.24) is 15.5 Å². The zero-order valence-corrected chi connectivity index (χ0v) is 15.7. The van der Waals surface area contributed by atoms with Crippen LogP contribution in [-0.2, 0) is 13.2 Å². The van der Waals surface area contributed by atoms with Crippen LogP contribution in [0.5, 0.6) is 17.2 Å². The summed E-state index contributed by atoms with van der Waals surface area (Å²) in [5, 5.41) is 9.63. The molecule has 8 heteroatoms. The quantitative estimate of drug-likeness (QED) is 0.599. The second kappa shape index (κ2) is 8.05. The fourth-order valence-corrected chi connectivity index (χ4v) is 2.84. The Morgan fingerprint density at radius 2 is 2.00 bits per heavy atom. The lowest BCUT2D eigenvalue weighted by molar-refractivity contribution is 0.0945.